The molecular formula is C30H36BrN3O6. The van der Waals surface area contributed by atoms with Gasteiger partial charge >= 0.3 is 18.0 Å². The molecule has 2 aromatic carbocycles. The van der Waals surface area contributed by atoms with Crippen LogP contribution in [0, 0.1) is 12.3 Å². The predicted octanol–water partition coefficient (Wildman–Crippen LogP) is 4.84. The number of fused-ring (bicyclic) bond motifs is 1. The van der Waals surface area contributed by atoms with Gasteiger partial charge in [0.1, 0.15) is 0 Å². The molecule has 40 heavy (non-hydrogen) atoms. The number of carbonyl (C=O) groups excluding carboxylic acids is 4. The van der Waals surface area contributed by atoms with E-state index in [0.717, 1.165) is 26.9 Å². The van der Waals surface area contributed by atoms with Crippen molar-refractivity contribution in [2.24, 2.45) is 5.41 Å². The molecule has 2 aromatic rings. The maximum atomic E-state index is 13.7. The third-order valence-corrected chi connectivity index (χ3v) is 8.52. The normalized spacial score (nSPS) is 15.8. The molecule has 1 fully saturated rings. The van der Waals surface area contributed by atoms with E-state index in [-0.39, 0.29) is 44.0 Å². The summed E-state index contributed by atoms with van der Waals surface area (Å²) in [7, 11) is 0. The van der Waals surface area contributed by atoms with Gasteiger partial charge in [0.05, 0.1) is 19.6 Å². The Labute approximate surface area is 243 Å². The number of nitrogens with one attached hydrogen (secondary N) is 1. The summed E-state index contributed by atoms with van der Waals surface area (Å²) in [6, 6.07) is 13.1. The van der Waals surface area contributed by atoms with Gasteiger partial charge in [-0.05, 0) is 68.9 Å². The first kappa shape index (κ1) is 29.6. The van der Waals surface area contributed by atoms with Crippen LogP contribution in [0.2, 0.25) is 0 Å². The lowest BCUT2D eigenvalue weighted by Gasteiger charge is -2.41. The molecule has 4 rings (SSSR count). The van der Waals surface area contributed by atoms with Crippen molar-refractivity contribution in [3.8, 4) is 0 Å². The van der Waals surface area contributed by atoms with Crippen molar-refractivity contribution >= 4 is 45.5 Å². The Morgan fingerprint density at radius 1 is 1.02 bits per heavy atom. The van der Waals surface area contributed by atoms with Crippen LogP contribution in [-0.2, 0) is 36.8 Å². The number of anilines is 1. The summed E-state index contributed by atoms with van der Waals surface area (Å²) < 4.78 is 11.6. The second kappa shape index (κ2) is 12.8. The van der Waals surface area contributed by atoms with E-state index in [4.69, 9.17) is 9.47 Å². The quantitative estimate of drug-likeness (QED) is 0.320. The molecule has 2 aliphatic heterocycles. The molecule has 10 heteroatoms. The molecule has 0 aliphatic carbocycles. The lowest BCUT2D eigenvalue weighted by Crippen LogP contribution is -2.53. The van der Waals surface area contributed by atoms with Gasteiger partial charge in [-0.2, -0.15) is 0 Å². The molecule has 0 spiro atoms. The summed E-state index contributed by atoms with van der Waals surface area (Å²) >= 11 is 3.48. The van der Waals surface area contributed by atoms with Gasteiger partial charge in [0, 0.05) is 35.8 Å². The summed E-state index contributed by atoms with van der Waals surface area (Å²) in [5, 5.41) is 2.95. The molecule has 2 heterocycles. The number of aryl methyl sites for hydroxylation is 1. The van der Waals surface area contributed by atoms with Crippen molar-refractivity contribution < 1.29 is 28.7 Å². The highest BCUT2D eigenvalue weighted by Crippen LogP contribution is 2.34. The Morgan fingerprint density at radius 2 is 1.68 bits per heavy atom. The van der Waals surface area contributed by atoms with Crippen molar-refractivity contribution in [2.45, 2.75) is 59.0 Å². The largest absolute Gasteiger partial charge is 0.465 e. The number of halogens is 1. The van der Waals surface area contributed by atoms with Crippen molar-refractivity contribution in [3.05, 3.63) is 63.6 Å². The standard InChI is InChI=1S/C30H36BrN3O6/c1-4-39-27(36)30(28(37)40-5-2,17-21-10-11-24(31)20(3)16-21)18-26(35)33-14-12-23(13-15-33)34-19-22-8-6-7-9-25(22)32-29(34)38/h6-11,16,23H,4-5,12-15,17-19H2,1-3H3,(H,32,38). The van der Waals surface area contributed by atoms with E-state index in [0.29, 0.717) is 32.5 Å². The van der Waals surface area contributed by atoms with E-state index >= 15 is 0 Å². The molecule has 0 saturated carbocycles. The van der Waals surface area contributed by atoms with Gasteiger partial charge in [0.15, 0.2) is 5.41 Å². The Morgan fingerprint density at radius 3 is 2.30 bits per heavy atom. The van der Waals surface area contributed by atoms with Gasteiger partial charge in [-0.3, -0.25) is 14.4 Å². The fourth-order valence-electron chi connectivity index (χ4n) is 5.45. The number of ether oxygens (including phenoxy) is 2. The number of urea groups is 1. The lowest BCUT2D eigenvalue weighted by molar-refractivity contribution is -0.175. The van der Waals surface area contributed by atoms with Gasteiger partial charge in [0.2, 0.25) is 5.91 Å². The highest BCUT2D eigenvalue weighted by atomic mass is 79.9. The van der Waals surface area contributed by atoms with Crippen LogP contribution in [0.1, 0.15) is 49.8 Å². The van der Waals surface area contributed by atoms with Crippen LogP contribution in [-0.4, -0.2) is 66.0 Å². The van der Waals surface area contributed by atoms with Gasteiger partial charge in [-0.25, -0.2) is 4.79 Å². The van der Waals surface area contributed by atoms with Crippen LogP contribution in [0.4, 0.5) is 10.5 Å². The zero-order chi connectivity index (χ0) is 28.9. The first-order chi connectivity index (χ1) is 19.2. The summed E-state index contributed by atoms with van der Waals surface area (Å²) in [5.74, 6) is -1.84. The number of esters is 2. The van der Waals surface area contributed by atoms with E-state index in [1.165, 1.54) is 0 Å². The Kier molecular flexibility index (Phi) is 9.50. The molecular weight excluding hydrogens is 578 g/mol. The molecule has 3 amide bonds. The number of rotatable bonds is 9. The SMILES string of the molecule is CCOC(=O)C(CC(=O)N1CCC(N2Cc3ccccc3NC2=O)CC1)(Cc1ccc(Br)c(C)c1)C(=O)OCC. The smallest absolute Gasteiger partial charge is 0.324 e. The number of para-hydroxylation sites is 1. The Balaban J connectivity index is 1.51. The molecule has 0 atom stereocenters. The molecule has 1 saturated heterocycles. The molecule has 0 bridgehead atoms. The second-order valence-electron chi connectivity index (χ2n) is 10.3. The van der Waals surface area contributed by atoms with Crippen LogP contribution in [0.3, 0.4) is 0 Å². The molecule has 0 radical (unpaired) electrons. The number of benzene rings is 2. The summed E-state index contributed by atoms with van der Waals surface area (Å²) in [6.07, 6.45) is 0.814. The predicted molar refractivity (Wildman–Crippen MR) is 154 cm³/mol. The molecule has 1 N–H and O–H groups in total. The maximum absolute atomic E-state index is 13.7. The third kappa shape index (κ3) is 6.32. The van der Waals surface area contributed by atoms with Crippen LogP contribution < -0.4 is 5.32 Å². The highest BCUT2D eigenvalue weighted by molar-refractivity contribution is 9.10. The van der Waals surface area contributed by atoms with E-state index in [2.05, 4.69) is 21.2 Å². The zero-order valence-electron chi connectivity index (χ0n) is 23.2. The number of piperidine rings is 1. The maximum Gasteiger partial charge on any atom is 0.324 e. The average molecular weight is 615 g/mol. The minimum Gasteiger partial charge on any atom is -0.465 e. The lowest BCUT2D eigenvalue weighted by atomic mass is 9.77. The number of hydrogen-bond acceptors (Lipinski definition) is 6. The number of hydrogen-bond donors (Lipinski definition) is 1. The van der Waals surface area contributed by atoms with E-state index in [1.807, 2.05) is 54.3 Å². The molecule has 214 valence electrons. The topological polar surface area (TPSA) is 105 Å². The Bertz CT molecular complexity index is 1260. The minimum absolute atomic E-state index is 0.0195. The van der Waals surface area contributed by atoms with Crippen molar-refractivity contribution in [3.63, 3.8) is 0 Å². The Hall–Kier alpha value is -3.40. The molecule has 0 unspecified atom stereocenters. The average Bonchev–Trinajstić information content (AvgIpc) is 2.94. The summed E-state index contributed by atoms with van der Waals surface area (Å²) in [4.78, 5) is 56.7. The van der Waals surface area contributed by atoms with Crippen LogP contribution in [0.5, 0.6) is 0 Å². The van der Waals surface area contributed by atoms with Crippen molar-refractivity contribution in [2.75, 3.05) is 31.6 Å². The molecule has 0 aromatic heterocycles. The molecule has 2 aliphatic rings. The second-order valence-corrected chi connectivity index (χ2v) is 11.1. The number of carbonyl (C=O) groups is 4. The van der Waals surface area contributed by atoms with Crippen LogP contribution >= 0.6 is 15.9 Å². The first-order valence-corrected chi connectivity index (χ1v) is 14.5. The van der Waals surface area contributed by atoms with Crippen LogP contribution in [0.25, 0.3) is 0 Å². The zero-order valence-corrected chi connectivity index (χ0v) is 24.8. The summed E-state index contributed by atoms with van der Waals surface area (Å²) in [5.41, 5.74) is 1.74. The highest BCUT2D eigenvalue weighted by Gasteiger charge is 2.51. The van der Waals surface area contributed by atoms with Crippen molar-refractivity contribution in [1.29, 1.82) is 0 Å². The van der Waals surface area contributed by atoms with E-state index in [9.17, 15) is 19.2 Å². The first-order valence-electron chi connectivity index (χ1n) is 13.7. The van der Waals surface area contributed by atoms with Gasteiger partial charge < -0.3 is 24.6 Å². The minimum atomic E-state index is -1.81. The van der Waals surface area contributed by atoms with Crippen LogP contribution in [0.15, 0.2) is 46.9 Å². The third-order valence-electron chi connectivity index (χ3n) is 7.63. The number of amides is 3. The fourth-order valence-corrected chi connectivity index (χ4v) is 5.70. The fraction of sp³-hybridized carbons (Fsp3) is 0.467. The van der Waals surface area contributed by atoms with E-state index < -0.39 is 17.4 Å². The van der Waals surface area contributed by atoms with Gasteiger partial charge in [-0.1, -0.05) is 46.3 Å². The number of nitrogens with zero attached hydrogens (tertiary/aromatic N) is 2. The van der Waals surface area contributed by atoms with Gasteiger partial charge in [-0.15, -0.1) is 0 Å². The van der Waals surface area contributed by atoms with Gasteiger partial charge in [0.25, 0.3) is 0 Å². The monoisotopic (exact) mass is 613 g/mol. The van der Waals surface area contributed by atoms with E-state index in [1.54, 1.807) is 18.7 Å². The summed E-state index contributed by atoms with van der Waals surface area (Å²) in [6.45, 7) is 6.73. The van der Waals surface area contributed by atoms with Crippen molar-refractivity contribution in [1.82, 2.24) is 9.80 Å². The number of likely N-dealkylation sites (tertiary alicyclic amines) is 1. The molecule has 9 nitrogen and oxygen atoms in total.